The quantitative estimate of drug-likeness (QED) is 0.854. The Morgan fingerprint density at radius 2 is 2.22 bits per heavy atom. The summed E-state index contributed by atoms with van der Waals surface area (Å²) < 4.78 is 3.02. The number of nitrogens with two attached hydrogens (primary N) is 1. The first-order valence-electron chi connectivity index (χ1n) is 5.83. The van der Waals surface area contributed by atoms with E-state index in [4.69, 9.17) is 5.73 Å². The molecule has 2 aromatic rings. The van der Waals surface area contributed by atoms with Crippen LogP contribution in [0.3, 0.4) is 0 Å². The zero-order valence-corrected chi connectivity index (χ0v) is 12.2. The molecule has 0 spiro atoms. The molecule has 0 amide bonds. The Morgan fingerprint density at radius 1 is 1.44 bits per heavy atom. The van der Waals surface area contributed by atoms with Crippen molar-refractivity contribution in [2.45, 2.75) is 13.3 Å². The van der Waals surface area contributed by atoms with Crippen LogP contribution in [0.5, 0.6) is 0 Å². The van der Waals surface area contributed by atoms with Crippen molar-refractivity contribution in [2.75, 3.05) is 17.6 Å². The smallest absolute Gasteiger partial charge is 0.110 e. The van der Waals surface area contributed by atoms with E-state index in [0.717, 1.165) is 40.2 Å². The number of nitrogens with one attached hydrogen (secondary N) is 1. The number of halogens is 1. The molecule has 0 fully saturated rings. The van der Waals surface area contributed by atoms with Gasteiger partial charge in [0, 0.05) is 48.3 Å². The number of anilines is 2. The number of hydrogen-bond acceptors (Lipinski definition) is 3. The van der Waals surface area contributed by atoms with E-state index in [1.807, 2.05) is 37.0 Å². The Bertz CT molecular complexity index is 548. The molecule has 0 radical (unpaired) electrons. The number of aryl methyl sites for hydroxylation is 2. The molecule has 0 aliphatic heterocycles. The molecule has 0 aliphatic rings. The van der Waals surface area contributed by atoms with Crippen LogP contribution in [0.1, 0.15) is 11.4 Å². The van der Waals surface area contributed by atoms with Gasteiger partial charge in [-0.15, -0.1) is 0 Å². The van der Waals surface area contributed by atoms with Crippen molar-refractivity contribution >= 4 is 27.3 Å². The number of hydrogen-bond donors (Lipinski definition) is 2. The standard InChI is InChI=1S/C13H17BrN4/c1-9-7-12(10(14)8-11(9)15)16-4-3-13-17-5-6-18(13)2/h5-8,16H,3-4,15H2,1-2H3. The first-order valence-corrected chi connectivity index (χ1v) is 6.63. The third kappa shape index (κ3) is 2.85. The van der Waals surface area contributed by atoms with Gasteiger partial charge in [-0.05, 0) is 40.5 Å². The monoisotopic (exact) mass is 308 g/mol. The van der Waals surface area contributed by atoms with Gasteiger partial charge in [-0.25, -0.2) is 4.98 Å². The predicted molar refractivity (Wildman–Crippen MR) is 78.7 cm³/mol. The maximum Gasteiger partial charge on any atom is 0.110 e. The fraction of sp³-hybridized carbons (Fsp3) is 0.308. The van der Waals surface area contributed by atoms with Crippen LogP contribution in [0.2, 0.25) is 0 Å². The Hall–Kier alpha value is -1.49. The molecular formula is C13H17BrN4. The zero-order chi connectivity index (χ0) is 13.1. The van der Waals surface area contributed by atoms with E-state index in [0.29, 0.717) is 0 Å². The summed E-state index contributed by atoms with van der Waals surface area (Å²) in [4.78, 5) is 4.29. The van der Waals surface area contributed by atoms with Crippen LogP contribution in [-0.2, 0) is 13.5 Å². The Labute approximate surface area is 115 Å². The molecule has 96 valence electrons. The molecule has 5 heteroatoms. The molecule has 18 heavy (non-hydrogen) atoms. The van der Waals surface area contributed by atoms with Gasteiger partial charge in [-0.1, -0.05) is 0 Å². The molecule has 0 bridgehead atoms. The molecule has 0 atom stereocenters. The highest BCUT2D eigenvalue weighted by atomic mass is 79.9. The normalized spacial score (nSPS) is 10.6. The first-order chi connectivity index (χ1) is 8.58. The van der Waals surface area contributed by atoms with E-state index in [9.17, 15) is 0 Å². The summed E-state index contributed by atoms with van der Waals surface area (Å²) in [5.41, 5.74) is 8.79. The molecule has 0 saturated heterocycles. The minimum Gasteiger partial charge on any atom is -0.398 e. The van der Waals surface area contributed by atoms with Crippen molar-refractivity contribution in [3.05, 3.63) is 40.4 Å². The van der Waals surface area contributed by atoms with Gasteiger partial charge in [0.2, 0.25) is 0 Å². The summed E-state index contributed by atoms with van der Waals surface area (Å²) >= 11 is 3.51. The SMILES string of the molecule is Cc1cc(NCCc2nccn2C)c(Br)cc1N. The first kappa shape index (κ1) is 13.0. The average Bonchev–Trinajstić information content (AvgIpc) is 2.72. The second-order valence-electron chi connectivity index (χ2n) is 4.32. The Balaban J connectivity index is 1.99. The van der Waals surface area contributed by atoms with Gasteiger partial charge < -0.3 is 15.6 Å². The van der Waals surface area contributed by atoms with Gasteiger partial charge in [0.1, 0.15) is 5.82 Å². The van der Waals surface area contributed by atoms with Crippen LogP contribution in [0.15, 0.2) is 29.0 Å². The lowest BCUT2D eigenvalue weighted by molar-refractivity contribution is 0.789. The van der Waals surface area contributed by atoms with Gasteiger partial charge in [0.15, 0.2) is 0 Å². The molecule has 1 heterocycles. The van der Waals surface area contributed by atoms with Crippen molar-refractivity contribution in [2.24, 2.45) is 7.05 Å². The Kier molecular flexibility index (Phi) is 3.91. The summed E-state index contributed by atoms with van der Waals surface area (Å²) in [6, 6.07) is 3.98. The van der Waals surface area contributed by atoms with Crippen molar-refractivity contribution in [1.82, 2.24) is 9.55 Å². The van der Waals surface area contributed by atoms with Crippen LogP contribution in [0.25, 0.3) is 0 Å². The highest BCUT2D eigenvalue weighted by Gasteiger charge is 2.04. The second kappa shape index (κ2) is 5.44. The fourth-order valence-corrected chi connectivity index (χ4v) is 2.28. The number of imidazole rings is 1. The summed E-state index contributed by atoms with van der Waals surface area (Å²) in [6.45, 7) is 2.85. The third-order valence-corrected chi connectivity index (χ3v) is 3.60. The van der Waals surface area contributed by atoms with Crippen molar-refractivity contribution in [3.8, 4) is 0 Å². The van der Waals surface area contributed by atoms with Gasteiger partial charge >= 0.3 is 0 Å². The van der Waals surface area contributed by atoms with E-state index in [2.05, 4.69) is 32.3 Å². The summed E-state index contributed by atoms with van der Waals surface area (Å²) in [5.74, 6) is 1.07. The zero-order valence-electron chi connectivity index (χ0n) is 10.6. The highest BCUT2D eigenvalue weighted by Crippen LogP contribution is 2.27. The molecule has 0 unspecified atom stereocenters. The van der Waals surface area contributed by atoms with Crippen LogP contribution < -0.4 is 11.1 Å². The topological polar surface area (TPSA) is 55.9 Å². The molecule has 1 aromatic carbocycles. The van der Waals surface area contributed by atoms with Gasteiger partial charge in [-0.2, -0.15) is 0 Å². The third-order valence-electron chi connectivity index (χ3n) is 2.94. The number of nitrogen functional groups attached to an aromatic ring is 1. The van der Waals surface area contributed by atoms with Crippen LogP contribution in [0, 0.1) is 6.92 Å². The molecular weight excluding hydrogens is 292 g/mol. The molecule has 3 N–H and O–H groups in total. The van der Waals surface area contributed by atoms with Gasteiger partial charge in [-0.3, -0.25) is 0 Å². The minimum absolute atomic E-state index is 0.802. The van der Waals surface area contributed by atoms with Crippen LogP contribution in [0.4, 0.5) is 11.4 Å². The minimum atomic E-state index is 0.802. The Morgan fingerprint density at radius 3 is 2.89 bits per heavy atom. The lowest BCUT2D eigenvalue weighted by Gasteiger charge is -2.11. The average molecular weight is 309 g/mol. The lowest BCUT2D eigenvalue weighted by atomic mass is 10.2. The molecule has 2 rings (SSSR count). The fourth-order valence-electron chi connectivity index (χ4n) is 1.78. The highest BCUT2D eigenvalue weighted by molar-refractivity contribution is 9.10. The van der Waals surface area contributed by atoms with E-state index >= 15 is 0 Å². The van der Waals surface area contributed by atoms with E-state index in [1.165, 1.54) is 0 Å². The molecule has 0 saturated carbocycles. The lowest BCUT2D eigenvalue weighted by Crippen LogP contribution is -2.09. The van der Waals surface area contributed by atoms with E-state index < -0.39 is 0 Å². The van der Waals surface area contributed by atoms with Crippen molar-refractivity contribution in [3.63, 3.8) is 0 Å². The molecule has 4 nitrogen and oxygen atoms in total. The number of nitrogens with zero attached hydrogens (tertiary/aromatic N) is 2. The maximum atomic E-state index is 5.84. The van der Waals surface area contributed by atoms with E-state index in [-0.39, 0.29) is 0 Å². The van der Waals surface area contributed by atoms with Gasteiger partial charge in [0.05, 0.1) is 0 Å². The number of rotatable bonds is 4. The summed E-state index contributed by atoms with van der Waals surface area (Å²) in [7, 11) is 2.01. The van der Waals surface area contributed by atoms with E-state index in [1.54, 1.807) is 0 Å². The van der Waals surface area contributed by atoms with Crippen LogP contribution in [-0.4, -0.2) is 16.1 Å². The molecule has 0 aliphatic carbocycles. The molecule has 1 aromatic heterocycles. The largest absolute Gasteiger partial charge is 0.398 e. The summed E-state index contributed by atoms with van der Waals surface area (Å²) in [6.07, 6.45) is 4.66. The van der Waals surface area contributed by atoms with Crippen molar-refractivity contribution < 1.29 is 0 Å². The summed E-state index contributed by atoms with van der Waals surface area (Å²) in [5, 5.41) is 3.39. The van der Waals surface area contributed by atoms with Gasteiger partial charge in [0.25, 0.3) is 0 Å². The number of benzene rings is 1. The second-order valence-corrected chi connectivity index (χ2v) is 5.17. The predicted octanol–water partition coefficient (Wildman–Crippen LogP) is 2.73. The van der Waals surface area contributed by atoms with Crippen molar-refractivity contribution in [1.29, 1.82) is 0 Å². The van der Waals surface area contributed by atoms with Crippen LogP contribution >= 0.6 is 15.9 Å². The number of aromatic nitrogens is 2. The maximum absolute atomic E-state index is 5.84.